The summed E-state index contributed by atoms with van der Waals surface area (Å²) in [6.07, 6.45) is 4.49. The Bertz CT molecular complexity index is 381. The molecule has 2 rings (SSSR count). The summed E-state index contributed by atoms with van der Waals surface area (Å²) in [6, 6.07) is 7.57. The second-order valence-corrected chi connectivity index (χ2v) is 3.99. The van der Waals surface area contributed by atoms with Crippen LogP contribution in [0.15, 0.2) is 30.3 Å². The van der Waals surface area contributed by atoms with E-state index in [-0.39, 0.29) is 11.9 Å². The molecule has 0 unspecified atom stereocenters. The van der Waals surface area contributed by atoms with E-state index in [1.165, 1.54) is 0 Å². The van der Waals surface area contributed by atoms with Crippen LogP contribution < -0.4 is 0 Å². The Hall–Kier alpha value is -1.28. The largest absolute Gasteiger partial charge is 0.465 e. The molecule has 1 aromatic rings. The summed E-state index contributed by atoms with van der Waals surface area (Å²) in [4.78, 5) is 10.8. The second kappa shape index (κ2) is 4.49. The highest BCUT2D eigenvalue weighted by Gasteiger charge is 2.20. The van der Waals surface area contributed by atoms with Gasteiger partial charge in [-0.3, -0.25) is 4.79 Å². The van der Waals surface area contributed by atoms with Crippen molar-refractivity contribution in [2.75, 3.05) is 6.61 Å². The first kappa shape index (κ1) is 10.2. The Morgan fingerprint density at radius 2 is 2.07 bits per heavy atom. The minimum absolute atomic E-state index is 0.110. The third kappa shape index (κ3) is 2.83. The quantitative estimate of drug-likeness (QED) is 0.720. The molecule has 0 bridgehead atoms. The second-order valence-electron chi connectivity index (χ2n) is 3.56. The van der Waals surface area contributed by atoms with E-state index in [0.717, 1.165) is 10.6 Å². The normalized spacial score (nSPS) is 20.9. The number of ether oxygens (including phenoxy) is 1. The molecule has 0 amide bonds. The fraction of sp³-hybridized carbons (Fsp3) is 0.250. The van der Waals surface area contributed by atoms with Crippen LogP contribution in [0.1, 0.15) is 12.0 Å². The van der Waals surface area contributed by atoms with Gasteiger partial charge in [0.2, 0.25) is 0 Å². The molecule has 0 aliphatic carbocycles. The van der Waals surface area contributed by atoms with Crippen molar-refractivity contribution in [3.8, 4) is 0 Å². The van der Waals surface area contributed by atoms with Crippen LogP contribution in [-0.4, -0.2) is 12.6 Å². The summed E-state index contributed by atoms with van der Waals surface area (Å²) in [5, 5.41) is 0.728. The summed E-state index contributed by atoms with van der Waals surface area (Å²) < 4.78 is 4.86. The molecule has 1 heterocycles. The number of carbonyl (C=O) groups is 1. The molecule has 1 aromatic carbocycles. The number of halogens is 1. The van der Waals surface area contributed by atoms with E-state index in [4.69, 9.17) is 16.3 Å². The van der Waals surface area contributed by atoms with Gasteiger partial charge in [-0.1, -0.05) is 35.9 Å². The number of carbonyl (C=O) groups excluding carboxylic acids is 1. The van der Waals surface area contributed by atoms with Crippen molar-refractivity contribution >= 4 is 23.6 Å². The summed E-state index contributed by atoms with van der Waals surface area (Å²) in [5.41, 5.74) is 1.08. The minimum Gasteiger partial charge on any atom is -0.465 e. The molecule has 1 fully saturated rings. The highest BCUT2D eigenvalue weighted by molar-refractivity contribution is 6.30. The summed E-state index contributed by atoms with van der Waals surface area (Å²) in [6.45, 7) is 0.503. The van der Waals surface area contributed by atoms with Crippen molar-refractivity contribution in [3.05, 3.63) is 40.9 Å². The highest BCUT2D eigenvalue weighted by atomic mass is 35.5. The van der Waals surface area contributed by atoms with Crippen LogP contribution in [0.25, 0.3) is 6.08 Å². The first-order chi connectivity index (χ1) is 7.24. The fourth-order valence-electron chi connectivity index (χ4n) is 1.48. The molecule has 78 valence electrons. The molecule has 0 radical (unpaired) electrons. The third-order valence-electron chi connectivity index (χ3n) is 2.32. The molecule has 1 aliphatic heterocycles. The number of esters is 1. The van der Waals surface area contributed by atoms with Crippen LogP contribution in [0.2, 0.25) is 5.02 Å². The SMILES string of the molecule is O=C1C[C@H](C=Cc2ccc(Cl)cc2)CO1. The standard InChI is InChI=1S/C12H11ClO2/c13-11-5-3-9(4-6-11)1-2-10-7-12(14)15-8-10/h1-6,10H,7-8H2/t10-/m0/s1. The lowest BCUT2D eigenvalue weighted by molar-refractivity contribution is -0.137. The maximum atomic E-state index is 10.8. The van der Waals surface area contributed by atoms with E-state index in [1.807, 2.05) is 36.4 Å². The zero-order chi connectivity index (χ0) is 10.7. The van der Waals surface area contributed by atoms with Gasteiger partial charge in [0.05, 0.1) is 13.0 Å². The number of cyclic esters (lactones) is 1. The van der Waals surface area contributed by atoms with Gasteiger partial charge in [-0.15, -0.1) is 0 Å². The Kier molecular flexibility index (Phi) is 3.07. The van der Waals surface area contributed by atoms with Crippen molar-refractivity contribution in [3.63, 3.8) is 0 Å². The number of hydrogen-bond donors (Lipinski definition) is 0. The van der Waals surface area contributed by atoms with Gasteiger partial charge in [0.1, 0.15) is 0 Å². The van der Waals surface area contributed by atoms with E-state index in [1.54, 1.807) is 0 Å². The molecule has 3 heteroatoms. The molecule has 0 spiro atoms. The Balaban J connectivity index is 1.99. The molecular formula is C12H11ClO2. The smallest absolute Gasteiger partial charge is 0.306 e. The zero-order valence-corrected chi connectivity index (χ0v) is 8.91. The topological polar surface area (TPSA) is 26.3 Å². The van der Waals surface area contributed by atoms with Gasteiger partial charge in [0.15, 0.2) is 0 Å². The van der Waals surface area contributed by atoms with Gasteiger partial charge in [-0.2, -0.15) is 0 Å². The number of benzene rings is 1. The van der Waals surface area contributed by atoms with Crippen LogP contribution in [0.5, 0.6) is 0 Å². The first-order valence-corrected chi connectivity index (χ1v) is 5.21. The van der Waals surface area contributed by atoms with Gasteiger partial charge >= 0.3 is 5.97 Å². The lowest BCUT2D eigenvalue weighted by Crippen LogP contribution is -1.92. The average molecular weight is 223 g/mol. The summed E-state index contributed by atoms with van der Waals surface area (Å²) >= 11 is 5.77. The monoisotopic (exact) mass is 222 g/mol. The van der Waals surface area contributed by atoms with Crippen LogP contribution >= 0.6 is 11.6 Å². The van der Waals surface area contributed by atoms with Gasteiger partial charge < -0.3 is 4.74 Å². The van der Waals surface area contributed by atoms with E-state index in [2.05, 4.69) is 0 Å². The van der Waals surface area contributed by atoms with E-state index in [0.29, 0.717) is 13.0 Å². The number of hydrogen-bond acceptors (Lipinski definition) is 2. The molecule has 1 saturated heterocycles. The van der Waals surface area contributed by atoms with Crippen LogP contribution in [0, 0.1) is 5.92 Å². The van der Waals surface area contributed by atoms with Crippen molar-refractivity contribution in [2.45, 2.75) is 6.42 Å². The Morgan fingerprint density at radius 1 is 1.33 bits per heavy atom. The van der Waals surface area contributed by atoms with Gasteiger partial charge in [0, 0.05) is 10.9 Å². The first-order valence-electron chi connectivity index (χ1n) is 4.83. The molecule has 0 N–H and O–H groups in total. The van der Waals surface area contributed by atoms with Crippen LogP contribution in [0.4, 0.5) is 0 Å². The van der Waals surface area contributed by atoms with Gasteiger partial charge in [-0.05, 0) is 17.7 Å². The molecular weight excluding hydrogens is 212 g/mol. The number of rotatable bonds is 2. The Morgan fingerprint density at radius 3 is 2.67 bits per heavy atom. The molecule has 0 aromatic heterocycles. The summed E-state index contributed by atoms with van der Waals surface area (Å²) in [7, 11) is 0. The van der Waals surface area contributed by atoms with Crippen molar-refractivity contribution in [1.82, 2.24) is 0 Å². The maximum absolute atomic E-state index is 10.8. The van der Waals surface area contributed by atoms with E-state index in [9.17, 15) is 4.79 Å². The van der Waals surface area contributed by atoms with Crippen molar-refractivity contribution in [2.24, 2.45) is 5.92 Å². The lowest BCUT2D eigenvalue weighted by Gasteiger charge is -1.97. The van der Waals surface area contributed by atoms with Crippen molar-refractivity contribution < 1.29 is 9.53 Å². The van der Waals surface area contributed by atoms with E-state index >= 15 is 0 Å². The summed E-state index contributed by atoms with van der Waals surface area (Å²) in [5.74, 6) is 0.105. The lowest BCUT2D eigenvalue weighted by atomic mass is 10.1. The van der Waals surface area contributed by atoms with Gasteiger partial charge in [0.25, 0.3) is 0 Å². The van der Waals surface area contributed by atoms with Crippen LogP contribution in [-0.2, 0) is 9.53 Å². The fourth-order valence-corrected chi connectivity index (χ4v) is 1.60. The molecule has 2 nitrogen and oxygen atoms in total. The van der Waals surface area contributed by atoms with E-state index < -0.39 is 0 Å². The zero-order valence-electron chi connectivity index (χ0n) is 8.15. The predicted molar refractivity (Wildman–Crippen MR) is 59.6 cm³/mol. The average Bonchev–Trinajstić information content (AvgIpc) is 2.64. The molecule has 1 atom stereocenters. The molecule has 15 heavy (non-hydrogen) atoms. The van der Waals surface area contributed by atoms with Crippen molar-refractivity contribution in [1.29, 1.82) is 0 Å². The predicted octanol–water partition coefficient (Wildman–Crippen LogP) is 2.92. The van der Waals surface area contributed by atoms with Crippen LogP contribution in [0.3, 0.4) is 0 Å². The molecule has 1 aliphatic rings. The Labute approximate surface area is 93.5 Å². The third-order valence-corrected chi connectivity index (χ3v) is 2.57. The highest BCUT2D eigenvalue weighted by Crippen LogP contribution is 2.17. The van der Waals surface area contributed by atoms with Gasteiger partial charge in [-0.25, -0.2) is 0 Å². The maximum Gasteiger partial charge on any atom is 0.306 e. The molecule has 0 saturated carbocycles. The minimum atomic E-state index is -0.110.